The Morgan fingerprint density at radius 3 is 2.86 bits per heavy atom. The molecule has 2 atom stereocenters. The predicted molar refractivity (Wildman–Crippen MR) is 77.8 cm³/mol. The van der Waals surface area contributed by atoms with Gasteiger partial charge in [0.2, 0.25) is 0 Å². The smallest absolute Gasteiger partial charge is 0.307 e. The Morgan fingerprint density at radius 2 is 2.19 bits per heavy atom. The van der Waals surface area contributed by atoms with Gasteiger partial charge in [0, 0.05) is 12.0 Å². The van der Waals surface area contributed by atoms with Crippen molar-refractivity contribution >= 4 is 17.0 Å². The average Bonchev–Trinajstić information content (AvgIpc) is 3.01. The van der Waals surface area contributed by atoms with Crippen LogP contribution in [0, 0.1) is 11.7 Å². The number of imidazole rings is 1. The number of benzene rings is 1. The second-order valence-electron chi connectivity index (χ2n) is 6.05. The van der Waals surface area contributed by atoms with Gasteiger partial charge in [-0.1, -0.05) is 6.42 Å². The van der Waals surface area contributed by atoms with Crippen LogP contribution in [0.4, 0.5) is 4.39 Å². The van der Waals surface area contributed by atoms with Crippen molar-refractivity contribution in [3.8, 4) is 0 Å². The molecule has 1 fully saturated rings. The van der Waals surface area contributed by atoms with Crippen molar-refractivity contribution in [1.82, 2.24) is 9.55 Å². The Morgan fingerprint density at radius 1 is 1.43 bits per heavy atom. The van der Waals surface area contributed by atoms with Crippen LogP contribution >= 0.6 is 0 Å². The lowest BCUT2D eigenvalue weighted by Gasteiger charge is -2.20. The number of hydrogen-bond donors (Lipinski definition) is 1. The number of carboxylic acids is 1. The molecule has 112 valence electrons. The zero-order chi connectivity index (χ0) is 15.1. The highest BCUT2D eigenvalue weighted by Crippen LogP contribution is 2.41. The van der Waals surface area contributed by atoms with E-state index in [0.29, 0.717) is 6.42 Å². The Hall–Kier alpha value is -1.91. The lowest BCUT2D eigenvalue weighted by atomic mass is 9.95. The molecular formula is C16H19FN2O2. The molecule has 1 N–H and O–H groups in total. The van der Waals surface area contributed by atoms with Gasteiger partial charge in [-0.3, -0.25) is 4.79 Å². The number of rotatable bonds is 3. The predicted octanol–water partition coefficient (Wildman–Crippen LogP) is 3.72. The Kier molecular flexibility index (Phi) is 3.43. The number of carbonyl (C=O) groups is 1. The van der Waals surface area contributed by atoms with Gasteiger partial charge in [0.25, 0.3) is 0 Å². The number of hydrogen-bond acceptors (Lipinski definition) is 2. The molecule has 1 heterocycles. The van der Waals surface area contributed by atoms with Crippen molar-refractivity contribution in [2.24, 2.45) is 5.92 Å². The van der Waals surface area contributed by atoms with E-state index in [0.717, 1.165) is 29.7 Å². The molecule has 5 heteroatoms. The third-order valence-corrected chi connectivity index (χ3v) is 4.36. The number of nitrogens with zero attached hydrogens (tertiary/aromatic N) is 2. The van der Waals surface area contributed by atoms with Crippen LogP contribution in [0.5, 0.6) is 0 Å². The van der Waals surface area contributed by atoms with Crippen molar-refractivity contribution in [2.75, 3.05) is 0 Å². The summed E-state index contributed by atoms with van der Waals surface area (Å²) in [5.41, 5.74) is 1.48. The van der Waals surface area contributed by atoms with E-state index in [-0.39, 0.29) is 23.7 Å². The van der Waals surface area contributed by atoms with Crippen molar-refractivity contribution in [2.45, 2.75) is 45.1 Å². The number of aliphatic carboxylic acids is 1. The van der Waals surface area contributed by atoms with Gasteiger partial charge in [-0.15, -0.1) is 0 Å². The van der Waals surface area contributed by atoms with Gasteiger partial charge in [-0.25, -0.2) is 9.37 Å². The van der Waals surface area contributed by atoms with E-state index in [1.165, 1.54) is 12.1 Å². The summed E-state index contributed by atoms with van der Waals surface area (Å²) in [4.78, 5) is 16.1. The van der Waals surface area contributed by atoms with E-state index in [4.69, 9.17) is 0 Å². The van der Waals surface area contributed by atoms with Gasteiger partial charge >= 0.3 is 5.97 Å². The summed E-state index contributed by atoms with van der Waals surface area (Å²) in [6.45, 7) is 4.03. The second kappa shape index (κ2) is 5.13. The summed E-state index contributed by atoms with van der Waals surface area (Å²) in [5.74, 6) is -0.733. The molecule has 1 aromatic heterocycles. The first-order valence-electron chi connectivity index (χ1n) is 7.39. The topological polar surface area (TPSA) is 55.1 Å². The maximum absolute atomic E-state index is 13.5. The van der Waals surface area contributed by atoms with E-state index < -0.39 is 5.97 Å². The van der Waals surface area contributed by atoms with Crippen LogP contribution in [0.2, 0.25) is 0 Å². The molecule has 0 aliphatic heterocycles. The summed E-state index contributed by atoms with van der Waals surface area (Å²) in [6, 6.07) is 4.66. The van der Waals surface area contributed by atoms with Gasteiger partial charge in [0.15, 0.2) is 0 Å². The summed E-state index contributed by atoms with van der Waals surface area (Å²) in [6.07, 6.45) is 2.42. The maximum atomic E-state index is 13.5. The molecule has 0 radical (unpaired) electrons. The molecule has 0 bridgehead atoms. The molecule has 1 aliphatic carbocycles. The van der Waals surface area contributed by atoms with E-state index in [9.17, 15) is 14.3 Å². The summed E-state index contributed by atoms with van der Waals surface area (Å²) in [5, 5.41) is 9.40. The van der Waals surface area contributed by atoms with Gasteiger partial charge in [-0.2, -0.15) is 0 Å². The summed E-state index contributed by atoms with van der Waals surface area (Å²) < 4.78 is 15.5. The summed E-state index contributed by atoms with van der Waals surface area (Å²) in [7, 11) is 0. The van der Waals surface area contributed by atoms with Gasteiger partial charge in [-0.05, 0) is 44.9 Å². The fourth-order valence-electron chi connectivity index (χ4n) is 3.45. The molecule has 4 nitrogen and oxygen atoms in total. The first-order valence-corrected chi connectivity index (χ1v) is 7.39. The zero-order valence-electron chi connectivity index (χ0n) is 12.2. The second-order valence-corrected chi connectivity index (χ2v) is 6.05. The molecule has 21 heavy (non-hydrogen) atoms. The molecule has 0 spiro atoms. The van der Waals surface area contributed by atoms with Crippen LogP contribution in [-0.4, -0.2) is 20.6 Å². The molecule has 1 aromatic carbocycles. The van der Waals surface area contributed by atoms with Gasteiger partial charge < -0.3 is 9.67 Å². The highest BCUT2D eigenvalue weighted by molar-refractivity contribution is 5.77. The minimum Gasteiger partial charge on any atom is -0.481 e. The van der Waals surface area contributed by atoms with Crippen molar-refractivity contribution < 1.29 is 14.3 Å². The lowest BCUT2D eigenvalue weighted by Crippen LogP contribution is -2.20. The Balaban J connectivity index is 2.17. The van der Waals surface area contributed by atoms with Crippen LogP contribution in [0.3, 0.4) is 0 Å². The average molecular weight is 290 g/mol. The van der Waals surface area contributed by atoms with Gasteiger partial charge in [0.1, 0.15) is 11.6 Å². The SMILES string of the molecule is CC(C)n1c(C2CCCC2C(=O)O)nc2ccc(F)cc21. The standard InChI is InChI=1S/C16H19FN2O2/c1-9(2)19-14-8-10(17)6-7-13(14)18-15(19)11-4-3-5-12(11)16(20)21/h6-9,11-12H,3-5H2,1-2H3,(H,20,21). The molecule has 2 unspecified atom stereocenters. The van der Waals surface area contributed by atoms with E-state index in [1.807, 2.05) is 18.4 Å². The third kappa shape index (κ3) is 2.30. The van der Waals surface area contributed by atoms with Crippen LogP contribution in [0.15, 0.2) is 18.2 Å². The van der Waals surface area contributed by atoms with Crippen LogP contribution in [0.25, 0.3) is 11.0 Å². The Bertz CT molecular complexity index is 693. The van der Waals surface area contributed by atoms with Crippen LogP contribution in [0.1, 0.15) is 50.9 Å². The molecule has 1 saturated carbocycles. The molecule has 0 amide bonds. The van der Waals surface area contributed by atoms with Crippen molar-refractivity contribution in [3.63, 3.8) is 0 Å². The van der Waals surface area contributed by atoms with Gasteiger partial charge in [0.05, 0.1) is 17.0 Å². The fraction of sp³-hybridized carbons (Fsp3) is 0.500. The quantitative estimate of drug-likeness (QED) is 0.937. The minimum absolute atomic E-state index is 0.0830. The number of aromatic nitrogens is 2. The molecule has 2 aromatic rings. The molecular weight excluding hydrogens is 271 g/mol. The first-order chi connectivity index (χ1) is 9.99. The minimum atomic E-state index is -0.758. The van der Waals surface area contributed by atoms with Crippen molar-refractivity contribution in [1.29, 1.82) is 0 Å². The largest absolute Gasteiger partial charge is 0.481 e. The zero-order valence-corrected chi connectivity index (χ0v) is 12.2. The number of halogens is 1. The number of fused-ring (bicyclic) bond motifs is 1. The highest BCUT2D eigenvalue weighted by atomic mass is 19.1. The van der Waals surface area contributed by atoms with Crippen molar-refractivity contribution in [3.05, 3.63) is 29.8 Å². The van der Waals surface area contributed by atoms with E-state index in [2.05, 4.69) is 4.98 Å². The Labute approximate surface area is 122 Å². The lowest BCUT2D eigenvalue weighted by molar-refractivity contribution is -0.142. The molecule has 3 rings (SSSR count). The van der Waals surface area contributed by atoms with E-state index in [1.54, 1.807) is 6.07 Å². The highest BCUT2D eigenvalue weighted by Gasteiger charge is 2.37. The van der Waals surface area contributed by atoms with Crippen LogP contribution in [-0.2, 0) is 4.79 Å². The normalized spacial score (nSPS) is 22.3. The molecule has 1 aliphatic rings. The first kappa shape index (κ1) is 14.0. The summed E-state index contributed by atoms with van der Waals surface area (Å²) >= 11 is 0. The monoisotopic (exact) mass is 290 g/mol. The fourth-order valence-corrected chi connectivity index (χ4v) is 3.45. The maximum Gasteiger partial charge on any atom is 0.307 e. The third-order valence-electron chi connectivity index (χ3n) is 4.36. The number of carboxylic acid groups (broad SMARTS) is 1. The van der Waals surface area contributed by atoms with Crippen LogP contribution < -0.4 is 0 Å². The molecule has 0 saturated heterocycles. The van der Waals surface area contributed by atoms with E-state index >= 15 is 0 Å².